The van der Waals surface area contributed by atoms with Gasteiger partial charge in [0.15, 0.2) is 0 Å². The van der Waals surface area contributed by atoms with Gasteiger partial charge in [0.05, 0.1) is 10.4 Å². The van der Waals surface area contributed by atoms with Crippen molar-refractivity contribution in [2.75, 3.05) is 0 Å². The molecule has 0 fully saturated rings. The minimum absolute atomic E-state index is 0.114. The number of pyridine rings is 1. The Balaban J connectivity index is 1.87. The topological polar surface area (TPSA) is 93.4 Å². The molecule has 6 nitrogen and oxygen atoms in total. The van der Waals surface area contributed by atoms with Crippen molar-refractivity contribution >= 4 is 26.8 Å². The predicted octanol–water partition coefficient (Wildman–Crippen LogP) is 1.84. The second-order valence-corrected chi connectivity index (χ2v) is 8.13. The summed E-state index contributed by atoms with van der Waals surface area (Å²) in [5.41, 5.74) is 7.96. The van der Waals surface area contributed by atoms with E-state index in [1.807, 2.05) is 24.3 Å². The Bertz CT molecular complexity index is 1110. The van der Waals surface area contributed by atoms with E-state index in [1.165, 1.54) is 10.4 Å². The number of benzene rings is 2. The highest BCUT2D eigenvalue weighted by molar-refractivity contribution is 7.89. The van der Waals surface area contributed by atoms with Gasteiger partial charge >= 0.3 is 0 Å². The third kappa shape index (κ3) is 2.65. The lowest BCUT2D eigenvalue weighted by molar-refractivity contribution is -0.122. The summed E-state index contributed by atoms with van der Waals surface area (Å²) in [7, 11) is -3.93. The SMILES string of the molecule is NC(=O)[C@@H]1Cc2ccccc2CN1S(=O)(=O)c1cccc2ncccc12. The summed E-state index contributed by atoms with van der Waals surface area (Å²) in [5.74, 6) is -0.651. The van der Waals surface area contributed by atoms with E-state index in [9.17, 15) is 13.2 Å². The Labute approximate surface area is 151 Å². The number of hydrogen-bond donors (Lipinski definition) is 1. The molecule has 1 aliphatic heterocycles. The Kier molecular flexibility index (Phi) is 3.97. The molecule has 1 aromatic heterocycles. The number of fused-ring (bicyclic) bond motifs is 2. The fourth-order valence-corrected chi connectivity index (χ4v) is 5.20. The van der Waals surface area contributed by atoms with Crippen LogP contribution < -0.4 is 5.73 Å². The molecule has 0 bridgehead atoms. The molecule has 1 aliphatic rings. The predicted molar refractivity (Wildman–Crippen MR) is 97.6 cm³/mol. The second kappa shape index (κ2) is 6.19. The first kappa shape index (κ1) is 16.7. The monoisotopic (exact) mass is 367 g/mol. The maximum absolute atomic E-state index is 13.4. The molecular weight excluding hydrogens is 350 g/mol. The molecule has 2 aromatic carbocycles. The number of aromatic nitrogens is 1. The van der Waals surface area contributed by atoms with Crippen LogP contribution in [0.5, 0.6) is 0 Å². The third-order valence-electron chi connectivity index (χ3n) is 4.73. The minimum atomic E-state index is -3.93. The van der Waals surface area contributed by atoms with Crippen molar-refractivity contribution in [3.05, 3.63) is 71.9 Å². The van der Waals surface area contributed by atoms with Crippen LogP contribution in [0.1, 0.15) is 11.1 Å². The summed E-state index contributed by atoms with van der Waals surface area (Å²) < 4.78 is 28.0. The molecule has 1 amide bonds. The summed E-state index contributed by atoms with van der Waals surface area (Å²) >= 11 is 0. The molecule has 0 aliphatic carbocycles. The van der Waals surface area contributed by atoms with Crippen molar-refractivity contribution in [2.24, 2.45) is 5.73 Å². The van der Waals surface area contributed by atoms with Gasteiger partial charge in [-0.25, -0.2) is 8.42 Å². The molecule has 1 atom stereocenters. The summed E-state index contributed by atoms with van der Waals surface area (Å²) in [6.45, 7) is 0.114. The van der Waals surface area contributed by atoms with Gasteiger partial charge in [0, 0.05) is 18.1 Å². The normalized spacial score (nSPS) is 17.8. The molecule has 0 spiro atoms. The lowest BCUT2D eigenvalue weighted by Gasteiger charge is -2.34. The van der Waals surface area contributed by atoms with Gasteiger partial charge in [0.25, 0.3) is 0 Å². The number of sulfonamides is 1. The van der Waals surface area contributed by atoms with Crippen LogP contribution in [0.2, 0.25) is 0 Å². The molecule has 132 valence electrons. The molecule has 0 radical (unpaired) electrons. The standard InChI is InChI=1S/C19H17N3O3S/c20-19(23)17-11-13-5-1-2-6-14(13)12-22(17)26(24,25)18-9-3-8-16-15(18)7-4-10-21-16/h1-10,17H,11-12H2,(H2,20,23)/t17-/m0/s1. The number of amides is 1. The molecule has 2 heterocycles. The molecular formula is C19H17N3O3S. The summed E-state index contributed by atoms with van der Waals surface area (Å²) in [6, 6.07) is 14.9. The molecule has 26 heavy (non-hydrogen) atoms. The maximum atomic E-state index is 13.4. The van der Waals surface area contributed by atoms with E-state index in [-0.39, 0.29) is 17.9 Å². The van der Waals surface area contributed by atoms with Crippen LogP contribution >= 0.6 is 0 Å². The highest BCUT2D eigenvalue weighted by Gasteiger charge is 2.39. The molecule has 0 saturated carbocycles. The lowest BCUT2D eigenvalue weighted by atomic mass is 9.96. The molecule has 3 aromatic rings. The molecule has 7 heteroatoms. The average Bonchev–Trinajstić information content (AvgIpc) is 2.66. The first-order valence-corrected chi connectivity index (χ1v) is 9.64. The third-order valence-corrected chi connectivity index (χ3v) is 6.64. The van der Waals surface area contributed by atoms with Gasteiger partial charge in [-0.3, -0.25) is 9.78 Å². The quantitative estimate of drug-likeness (QED) is 0.764. The van der Waals surface area contributed by atoms with E-state index >= 15 is 0 Å². The zero-order valence-corrected chi connectivity index (χ0v) is 14.7. The lowest BCUT2D eigenvalue weighted by Crippen LogP contribution is -2.51. The van der Waals surface area contributed by atoms with E-state index in [1.54, 1.807) is 30.5 Å². The van der Waals surface area contributed by atoms with Gasteiger partial charge in [0.2, 0.25) is 15.9 Å². The van der Waals surface area contributed by atoms with E-state index in [0.717, 1.165) is 11.1 Å². The molecule has 0 unspecified atom stereocenters. The highest BCUT2D eigenvalue weighted by Crippen LogP contribution is 2.31. The van der Waals surface area contributed by atoms with Crippen molar-refractivity contribution in [1.29, 1.82) is 0 Å². The van der Waals surface area contributed by atoms with Crippen LogP contribution in [0.15, 0.2) is 65.7 Å². The number of primary amides is 1. The second-order valence-electron chi connectivity index (χ2n) is 6.27. The van der Waals surface area contributed by atoms with Crippen LogP contribution in [-0.2, 0) is 27.8 Å². The van der Waals surface area contributed by atoms with E-state index in [0.29, 0.717) is 10.9 Å². The van der Waals surface area contributed by atoms with Crippen LogP contribution in [0.25, 0.3) is 10.9 Å². The van der Waals surface area contributed by atoms with Crippen molar-refractivity contribution in [1.82, 2.24) is 9.29 Å². The van der Waals surface area contributed by atoms with Crippen molar-refractivity contribution in [3.8, 4) is 0 Å². The van der Waals surface area contributed by atoms with Crippen molar-refractivity contribution in [2.45, 2.75) is 23.9 Å². The Hall–Kier alpha value is -2.77. The van der Waals surface area contributed by atoms with Crippen molar-refractivity contribution < 1.29 is 13.2 Å². The summed E-state index contributed by atoms with van der Waals surface area (Å²) in [5, 5.41) is 0.525. The molecule has 0 saturated heterocycles. The van der Waals surface area contributed by atoms with Crippen LogP contribution in [-0.4, -0.2) is 29.7 Å². The van der Waals surface area contributed by atoms with Gasteiger partial charge in [-0.2, -0.15) is 4.31 Å². The molecule has 2 N–H and O–H groups in total. The fourth-order valence-electron chi connectivity index (χ4n) is 3.42. The summed E-state index contributed by atoms with van der Waals surface area (Å²) in [6.07, 6.45) is 1.88. The number of nitrogens with two attached hydrogens (primary N) is 1. The number of carbonyl (C=O) groups excluding carboxylic acids is 1. The van der Waals surface area contributed by atoms with E-state index < -0.39 is 22.0 Å². The number of hydrogen-bond acceptors (Lipinski definition) is 4. The first-order valence-electron chi connectivity index (χ1n) is 8.20. The van der Waals surface area contributed by atoms with E-state index in [2.05, 4.69) is 4.98 Å². The smallest absolute Gasteiger partial charge is 0.244 e. The average molecular weight is 367 g/mol. The largest absolute Gasteiger partial charge is 0.368 e. The summed E-state index contributed by atoms with van der Waals surface area (Å²) in [4.78, 5) is 16.4. The van der Waals surface area contributed by atoms with Gasteiger partial charge in [-0.1, -0.05) is 30.3 Å². The van der Waals surface area contributed by atoms with Gasteiger partial charge < -0.3 is 5.73 Å². The number of rotatable bonds is 3. The number of carbonyl (C=O) groups is 1. The first-order chi connectivity index (χ1) is 12.5. The Morgan fingerprint density at radius 2 is 1.81 bits per heavy atom. The van der Waals surface area contributed by atoms with Crippen LogP contribution in [0, 0.1) is 0 Å². The van der Waals surface area contributed by atoms with E-state index in [4.69, 9.17) is 5.73 Å². The minimum Gasteiger partial charge on any atom is -0.368 e. The van der Waals surface area contributed by atoms with Gasteiger partial charge in [-0.15, -0.1) is 0 Å². The van der Waals surface area contributed by atoms with Gasteiger partial charge in [0.1, 0.15) is 6.04 Å². The fraction of sp³-hybridized carbons (Fsp3) is 0.158. The van der Waals surface area contributed by atoms with Crippen LogP contribution in [0.3, 0.4) is 0 Å². The van der Waals surface area contributed by atoms with Gasteiger partial charge in [-0.05, 0) is 41.8 Å². The highest BCUT2D eigenvalue weighted by atomic mass is 32.2. The Morgan fingerprint density at radius 3 is 2.58 bits per heavy atom. The van der Waals surface area contributed by atoms with Crippen molar-refractivity contribution in [3.63, 3.8) is 0 Å². The number of nitrogens with zero attached hydrogens (tertiary/aromatic N) is 2. The maximum Gasteiger partial charge on any atom is 0.244 e. The van der Waals surface area contributed by atoms with Crippen LogP contribution in [0.4, 0.5) is 0 Å². The zero-order chi connectivity index (χ0) is 18.3. The molecule has 4 rings (SSSR count). The zero-order valence-electron chi connectivity index (χ0n) is 13.9. The Morgan fingerprint density at radius 1 is 1.04 bits per heavy atom.